The number of likely N-dealkylation sites (tertiary alicyclic amines) is 1. The zero-order chi connectivity index (χ0) is 21.7. The van der Waals surface area contributed by atoms with Crippen molar-refractivity contribution in [2.45, 2.75) is 25.7 Å². The molecule has 2 aromatic carbocycles. The number of amides is 1. The fraction of sp³-hybridized carbons (Fsp3) is 0.318. The van der Waals surface area contributed by atoms with Gasteiger partial charge in [-0.15, -0.1) is 0 Å². The molecule has 2 aromatic rings. The van der Waals surface area contributed by atoms with Gasteiger partial charge >= 0.3 is 0 Å². The fourth-order valence-electron chi connectivity index (χ4n) is 3.58. The van der Waals surface area contributed by atoms with E-state index in [0.29, 0.717) is 41.4 Å². The Hall–Kier alpha value is -3.36. The van der Waals surface area contributed by atoms with Crippen LogP contribution in [0, 0.1) is 29.6 Å². The molecule has 1 N–H and O–H groups in total. The van der Waals surface area contributed by atoms with E-state index in [9.17, 15) is 13.2 Å². The summed E-state index contributed by atoms with van der Waals surface area (Å²) in [6.45, 7) is 2.95. The number of nitrogens with zero attached hydrogens (tertiary/aromatic N) is 3. The SMILES string of the molecule is Cc1ccc(C(=O)N2CCC(c3ccc(C#N)cc3)CC2)cc1NS(=O)(=O)CC#N. The van der Waals surface area contributed by atoms with E-state index in [-0.39, 0.29) is 5.91 Å². The molecule has 8 heteroatoms. The van der Waals surface area contributed by atoms with Crippen molar-refractivity contribution in [3.8, 4) is 12.1 Å². The van der Waals surface area contributed by atoms with Gasteiger partial charge in [0.1, 0.15) is 0 Å². The second-order valence-electron chi connectivity index (χ2n) is 7.35. The molecule has 1 heterocycles. The lowest BCUT2D eigenvalue weighted by molar-refractivity contribution is 0.0713. The van der Waals surface area contributed by atoms with Crippen molar-refractivity contribution in [3.05, 3.63) is 64.7 Å². The number of benzene rings is 2. The van der Waals surface area contributed by atoms with Crippen molar-refractivity contribution in [3.63, 3.8) is 0 Å². The van der Waals surface area contributed by atoms with Crippen LogP contribution < -0.4 is 4.72 Å². The summed E-state index contributed by atoms with van der Waals surface area (Å²) >= 11 is 0. The number of hydrogen-bond acceptors (Lipinski definition) is 5. The van der Waals surface area contributed by atoms with Gasteiger partial charge in [-0.05, 0) is 61.1 Å². The summed E-state index contributed by atoms with van der Waals surface area (Å²) in [5.74, 6) is -0.449. The third kappa shape index (κ3) is 4.97. The molecule has 0 aromatic heterocycles. The average Bonchev–Trinajstić information content (AvgIpc) is 2.75. The van der Waals surface area contributed by atoms with Crippen molar-refractivity contribution in [2.75, 3.05) is 23.6 Å². The van der Waals surface area contributed by atoms with Crippen LogP contribution in [0.25, 0.3) is 0 Å². The van der Waals surface area contributed by atoms with E-state index in [1.807, 2.05) is 24.3 Å². The van der Waals surface area contributed by atoms with Crippen LogP contribution in [0.5, 0.6) is 0 Å². The van der Waals surface area contributed by atoms with Gasteiger partial charge in [-0.25, -0.2) is 8.42 Å². The Kier molecular flexibility index (Phi) is 6.39. The predicted octanol–water partition coefficient (Wildman–Crippen LogP) is 3.15. The topological polar surface area (TPSA) is 114 Å². The second kappa shape index (κ2) is 8.98. The molecule has 1 amide bonds. The van der Waals surface area contributed by atoms with E-state index in [4.69, 9.17) is 10.5 Å². The van der Waals surface area contributed by atoms with E-state index in [2.05, 4.69) is 10.8 Å². The third-order valence-electron chi connectivity index (χ3n) is 5.30. The summed E-state index contributed by atoms with van der Waals surface area (Å²) in [5, 5.41) is 17.6. The number of piperidine rings is 1. The van der Waals surface area contributed by atoms with E-state index >= 15 is 0 Å². The van der Waals surface area contributed by atoms with Crippen LogP contribution in [-0.4, -0.2) is 38.1 Å². The quantitative estimate of drug-likeness (QED) is 0.795. The van der Waals surface area contributed by atoms with Crippen LogP contribution >= 0.6 is 0 Å². The minimum atomic E-state index is -3.77. The number of hydrogen-bond donors (Lipinski definition) is 1. The largest absolute Gasteiger partial charge is 0.339 e. The first-order valence-electron chi connectivity index (χ1n) is 9.60. The molecule has 0 unspecified atom stereocenters. The molecule has 1 aliphatic heterocycles. The van der Waals surface area contributed by atoms with Gasteiger partial charge in [0.15, 0.2) is 5.75 Å². The molecule has 0 aliphatic carbocycles. The summed E-state index contributed by atoms with van der Waals surface area (Å²) in [7, 11) is -3.77. The van der Waals surface area contributed by atoms with E-state index in [1.165, 1.54) is 11.6 Å². The maximum absolute atomic E-state index is 12.9. The molecular formula is C22H22N4O3S. The van der Waals surface area contributed by atoms with Gasteiger partial charge in [0.25, 0.3) is 5.91 Å². The Morgan fingerprint density at radius 3 is 2.40 bits per heavy atom. The highest BCUT2D eigenvalue weighted by Crippen LogP contribution is 2.29. The zero-order valence-corrected chi connectivity index (χ0v) is 17.4. The highest BCUT2D eigenvalue weighted by Gasteiger charge is 2.25. The highest BCUT2D eigenvalue weighted by atomic mass is 32.2. The monoisotopic (exact) mass is 422 g/mol. The predicted molar refractivity (Wildman–Crippen MR) is 113 cm³/mol. The molecule has 0 saturated carbocycles. The van der Waals surface area contributed by atoms with Crippen molar-refractivity contribution in [1.29, 1.82) is 10.5 Å². The summed E-state index contributed by atoms with van der Waals surface area (Å²) < 4.78 is 26.2. The molecule has 0 atom stereocenters. The first kappa shape index (κ1) is 21.4. The van der Waals surface area contributed by atoms with Crippen LogP contribution in [0.1, 0.15) is 45.8 Å². The Morgan fingerprint density at radius 1 is 1.13 bits per heavy atom. The summed E-state index contributed by atoms with van der Waals surface area (Å²) in [6.07, 6.45) is 1.65. The Balaban J connectivity index is 1.68. The smallest absolute Gasteiger partial charge is 0.253 e. The van der Waals surface area contributed by atoms with Crippen LogP contribution in [-0.2, 0) is 10.0 Å². The Morgan fingerprint density at radius 2 is 1.80 bits per heavy atom. The minimum absolute atomic E-state index is 0.144. The number of aryl methyl sites for hydroxylation is 1. The van der Waals surface area contributed by atoms with E-state index < -0.39 is 15.8 Å². The van der Waals surface area contributed by atoms with Gasteiger partial charge in [0, 0.05) is 18.7 Å². The van der Waals surface area contributed by atoms with Crippen LogP contribution in [0.15, 0.2) is 42.5 Å². The molecule has 1 fully saturated rings. The number of anilines is 1. The van der Waals surface area contributed by atoms with Gasteiger partial charge in [0.05, 0.1) is 23.4 Å². The number of carbonyl (C=O) groups excluding carboxylic acids is 1. The molecular weight excluding hydrogens is 400 g/mol. The lowest BCUT2D eigenvalue weighted by atomic mass is 9.89. The number of nitriles is 2. The molecule has 7 nitrogen and oxygen atoms in total. The Bertz CT molecular complexity index is 1120. The molecule has 3 rings (SSSR count). The number of nitrogens with one attached hydrogen (secondary N) is 1. The fourth-order valence-corrected chi connectivity index (χ4v) is 4.38. The molecule has 154 valence electrons. The molecule has 0 radical (unpaired) electrons. The van der Waals surface area contributed by atoms with Gasteiger partial charge in [-0.2, -0.15) is 10.5 Å². The van der Waals surface area contributed by atoms with Crippen LogP contribution in [0.2, 0.25) is 0 Å². The number of sulfonamides is 1. The minimum Gasteiger partial charge on any atom is -0.339 e. The van der Waals surface area contributed by atoms with Crippen LogP contribution in [0.4, 0.5) is 5.69 Å². The van der Waals surface area contributed by atoms with Gasteiger partial charge in [-0.3, -0.25) is 9.52 Å². The summed E-state index contributed by atoms with van der Waals surface area (Å²) in [5.41, 5.74) is 3.20. The summed E-state index contributed by atoms with van der Waals surface area (Å²) in [4.78, 5) is 14.7. The van der Waals surface area contributed by atoms with Crippen molar-refractivity contribution in [1.82, 2.24) is 4.90 Å². The number of carbonyl (C=O) groups is 1. The maximum Gasteiger partial charge on any atom is 0.253 e. The first-order chi connectivity index (χ1) is 14.3. The normalized spacial score (nSPS) is 14.6. The molecule has 0 bridgehead atoms. The van der Waals surface area contributed by atoms with Gasteiger partial charge < -0.3 is 4.90 Å². The Labute approximate surface area is 176 Å². The lowest BCUT2D eigenvalue weighted by Gasteiger charge is -2.32. The van der Waals surface area contributed by atoms with Gasteiger partial charge in [0.2, 0.25) is 10.0 Å². The van der Waals surface area contributed by atoms with Crippen molar-refractivity contribution < 1.29 is 13.2 Å². The zero-order valence-electron chi connectivity index (χ0n) is 16.6. The highest BCUT2D eigenvalue weighted by molar-refractivity contribution is 7.92. The third-order valence-corrected chi connectivity index (χ3v) is 6.34. The first-order valence-corrected chi connectivity index (χ1v) is 11.3. The second-order valence-corrected chi connectivity index (χ2v) is 9.07. The average molecular weight is 423 g/mol. The van der Waals surface area contributed by atoms with Crippen molar-refractivity contribution in [2.24, 2.45) is 0 Å². The number of rotatable bonds is 5. The van der Waals surface area contributed by atoms with Crippen molar-refractivity contribution >= 4 is 21.6 Å². The molecule has 30 heavy (non-hydrogen) atoms. The van der Waals surface area contributed by atoms with Gasteiger partial charge in [-0.1, -0.05) is 18.2 Å². The lowest BCUT2D eigenvalue weighted by Crippen LogP contribution is -2.38. The van der Waals surface area contributed by atoms with Crippen LogP contribution in [0.3, 0.4) is 0 Å². The maximum atomic E-state index is 12.9. The standard InChI is InChI=1S/C22H22N4O3S/c1-16-2-5-20(14-21(16)25-30(28,29)13-10-23)22(27)26-11-8-19(9-12-26)18-6-3-17(15-24)4-7-18/h2-7,14,19,25H,8-9,11-13H2,1H3. The van der Waals surface area contributed by atoms with E-state index in [0.717, 1.165) is 12.8 Å². The summed E-state index contributed by atoms with van der Waals surface area (Å²) in [6, 6.07) is 16.2. The molecule has 1 saturated heterocycles. The van der Waals surface area contributed by atoms with E-state index in [1.54, 1.807) is 30.0 Å². The molecule has 1 aliphatic rings. The molecule has 0 spiro atoms.